The second-order valence-electron chi connectivity index (χ2n) is 6.15. The number of halogens is 3. The van der Waals surface area contributed by atoms with Crippen molar-refractivity contribution in [3.8, 4) is 5.88 Å². The molecule has 2 aliphatic heterocycles. The molecule has 0 unspecified atom stereocenters. The molecule has 1 amide bonds. The number of aromatic nitrogens is 1. The second-order valence-corrected chi connectivity index (χ2v) is 6.15. The first-order valence-electron chi connectivity index (χ1n) is 7.43. The Morgan fingerprint density at radius 2 is 2.13 bits per heavy atom. The van der Waals surface area contributed by atoms with Gasteiger partial charge in [-0.05, 0) is 25.6 Å². The molecule has 0 aromatic carbocycles. The van der Waals surface area contributed by atoms with Gasteiger partial charge in [0.2, 0.25) is 11.8 Å². The lowest BCUT2D eigenvalue weighted by Crippen LogP contribution is -2.46. The van der Waals surface area contributed by atoms with Crippen LogP contribution in [-0.2, 0) is 4.79 Å². The summed E-state index contributed by atoms with van der Waals surface area (Å²) in [6.45, 7) is 2.24. The van der Waals surface area contributed by atoms with Crippen molar-refractivity contribution in [2.45, 2.75) is 13.1 Å². The van der Waals surface area contributed by atoms with E-state index in [-0.39, 0.29) is 26.2 Å². The number of aryl methyl sites for hydroxylation is 1. The summed E-state index contributed by atoms with van der Waals surface area (Å²) in [6.07, 6.45) is -2.78. The highest BCUT2D eigenvalue weighted by molar-refractivity contribution is 5.97. The zero-order chi connectivity index (χ0) is 16.8. The molecule has 0 aliphatic carbocycles. The van der Waals surface area contributed by atoms with Crippen LogP contribution in [0.15, 0.2) is 12.3 Å². The Labute approximate surface area is 132 Å². The number of fused-ring (bicyclic) bond motifs is 1. The maximum absolute atomic E-state index is 13.2. The molecule has 1 aromatic heterocycles. The average molecular weight is 329 g/mol. The average Bonchev–Trinajstić information content (AvgIpc) is 2.88. The van der Waals surface area contributed by atoms with E-state index in [1.54, 1.807) is 24.2 Å². The number of nitrogens with zero attached hydrogens (tertiary/aromatic N) is 3. The molecule has 0 radical (unpaired) electrons. The Morgan fingerprint density at radius 1 is 1.39 bits per heavy atom. The smallest absolute Gasteiger partial charge is 0.393 e. The van der Waals surface area contributed by atoms with E-state index < -0.39 is 23.9 Å². The van der Waals surface area contributed by atoms with Gasteiger partial charge in [0.15, 0.2) is 0 Å². The van der Waals surface area contributed by atoms with E-state index >= 15 is 0 Å². The van der Waals surface area contributed by atoms with Gasteiger partial charge in [0, 0.05) is 19.3 Å². The Bertz CT molecular complexity index is 620. The molecule has 8 heteroatoms. The topological polar surface area (TPSA) is 45.7 Å². The van der Waals surface area contributed by atoms with E-state index in [9.17, 15) is 18.0 Å². The molecule has 3 heterocycles. The third kappa shape index (κ3) is 2.99. The molecule has 1 aromatic rings. The molecular weight excluding hydrogens is 311 g/mol. The Morgan fingerprint density at radius 3 is 2.83 bits per heavy atom. The van der Waals surface area contributed by atoms with Gasteiger partial charge in [-0.2, -0.15) is 13.2 Å². The Hall–Kier alpha value is -1.83. The van der Waals surface area contributed by atoms with Crippen molar-refractivity contribution in [1.29, 1.82) is 0 Å². The number of alkyl halides is 3. The third-order valence-corrected chi connectivity index (χ3v) is 4.32. The second kappa shape index (κ2) is 5.67. The molecular formula is C15H18F3N3O2. The van der Waals surface area contributed by atoms with Crippen molar-refractivity contribution >= 4 is 11.6 Å². The number of carbonyl (C=O) groups excluding carboxylic acids is 1. The first-order chi connectivity index (χ1) is 10.8. The van der Waals surface area contributed by atoms with Crippen LogP contribution in [-0.4, -0.2) is 55.3 Å². The van der Waals surface area contributed by atoms with Gasteiger partial charge in [-0.15, -0.1) is 0 Å². The van der Waals surface area contributed by atoms with Crippen LogP contribution in [0.25, 0.3) is 0 Å². The van der Waals surface area contributed by atoms with Crippen LogP contribution in [0.5, 0.6) is 5.88 Å². The number of likely N-dealkylation sites (tertiary alicyclic amines) is 1. The fraction of sp³-hybridized carbons (Fsp3) is 0.600. The molecule has 0 bridgehead atoms. The number of amides is 1. The molecule has 0 saturated carbocycles. The van der Waals surface area contributed by atoms with Gasteiger partial charge in [-0.25, -0.2) is 4.98 Å². The SMILES string of the molecule is Cc1cnc2c(c1)N(C(=O)[C@@H]1CN(C)C[C@H]1C(F)(F)F)CCO2. The van der Waals surface area contributed by atoms with E-state index in [4.69, 9.17) is 4.74 Å². The maximum Gasteiger partial charge on any atom is 0.393 e. The summed E-state index contributed by atoms with van der Waals surface area (Å²) in [5.41, 5.74) is 1.28. The number of anilines is 1. The van der Waals surface area contributed by atoms with Crippen molar-refractivity contribution in [2.24, 2.45) is 11.8 Å². The zero-order valence-electron chi connectivity index (χ0n) is 12.9. The van der Waals surface area contributed by atoms with Gasteiger partial charge in [-0.3, -0.25) is 4.79 Å². The van der Waals surface area contributed by atoms with Gasteiger partial charge < -0.3 is 14.5 Å². The lowest BCUT2D eigenvalue weighted by atomic mass is 9.93. The third-order valence-electron chi connectivity index (χ3n) is 4.32. The molecule has 126 valence electrons. The van der Waals surface area contributed by atoms with Crippen LogP contribution in [0.2, 0.25) is 0 Å². The number of pyridine rings is 1. The van der Waals surface area contributed by atoms with Crippen molar-refractivity contribution in [3.05, 3.63) is 17.8 Å². The van der Waals surface area contributed by atoms with Crippen LogP contribution >= 0.6 is 0 Å². The van der Waals surface area contributed by atoms with Gasteiger partial charge in [0.05, 0.1) is 18.4 Å². The summed E-state index contributed by atoms with van der Waals surface area (Å²) < 4.78 is 45.1. The summed E-state index contributed by atoms with van der Waals surface area (Å²) in [5.74, 6) is -2.94. The minimum atomic E-state index is -4.38. The van der Waals surface area contributed by atoms with Crippen LogP contribution in [0.1, 0.15) is 5.56 Å². The van der Waals surface area contributed by atoms with E-state index in [2.05, 4.69) is 4.98 Å². The van der Waals surface area contributed by atoms with E-state index in [1.165, 1.54) is 4.90 Å². The summed E-state index contributed by atoms with van der Waals surface area (Å²) >= 11 is 0. The van der Waals surface area contributed by atoms with Gasteiger partial charge in [0.1, 0.15) is 12.3 Å². The van der Waals surface area contributed by atoms with E-state index in [0.29, 0.717) is 11.6 Å². The van der Waals surface area contributed by atoms with Gasteiger partial charge >= 0.3 is 6.18 Å². The molecule has 3 rings (SSSR count). The fourth-order valence-corrected chi connectivity index (χ4v) is 3.21. The molecule has 2 atom stereocenters. The first-order valence-corrected chi connectivity index (χ1v) is 7.43. The lowest BCUT2D eigenvalue weighted by Gasteiger charge is -2.32. The predicted molar refractivity (Wildman–Crippen MR) is 77.4 cm³/mol. The largest absolute Gasteiger partial charge is 0.474 e. The molecule has 2 aliphatic rings. The monoisotopic (exact) mass is 329 g/mol. The van der Waals surface area contributed by atoms with Crippen LogP contribution in [0, 0.1) is 18.8 Å². The van der Waals surface area contributed by atoms with Gasteiger partial charge in [-0.1, -0.05) is 0 Å². The number of rotatable bonds is 1. The molecule has 1 saturated heterocycles. The minimum absolute atomic E-state index is 0.106. The molecule has 1 fully saturated rings. The predicted octanol–water partition coefficient (Wildman–Crippen LogP) is 1.86. The normalized spacial score (nSPS) is 25.2. The standard InChI is InChI=1S/C15H18F3N3O2/c1-9-5-12-13(19-6-9)23-4-3-21(12)14(22)10-7-20(2)8-11(10)15(16,17)18/h5-6,10-11H,3-4,7-8H2,1-2H3/t10-,11-/m1/s1. The molecule has 23 heavy (non-hydrogen) atoms. The zero-order valence-corrected chi connectivity index (χ0v) is 12.9. The summed E-state index contributed by atoms with van der Waals surface area (Å²) in [7, 11) is 1.60. The summed E-state index contributed by atoms with van der Waals surface area (Å²) in [5, 5.41) is 0. The summed E-state index contributed by atoms with van der Waals surface area (Å²) in [4.78, 5) is 19.8. The Balaban J connectivity index is 1.91. The van der Waals surface area contributed by atoms with Crippen molar-refractivity contribution < 1.29 is 22.7 Å². The highest BCUT2D eigenvalue weighted by atomic mass is 19.4. The van der Waals surface area contributed by atoms with Crippen LogP contribution < -0.4 is 9.64 Å². The van der Waals surface area contributed by atoms with Crippen molar-refractivity contribution in [1.82, 2.24) is 9.88 Å². The van der Waals surface area contributed by atoms with Crippen molar-refractivity contribution in [2.75, 3.05) is 38.2 Å². The quantitative estimate of drug-likeness (QED) is 0.789. The fourth-order valence-electron chi connectivity index (χ4n) is 3.21. The van der Waals surface area contributed by atoms with Crippen molar-refractivity contribution in [3.63, 3.8) is 0 Å². The molecule has 5 nitrogen and oxygen atoms in total. The highest BCUT2D eigenvalue weighted by Gasteiger charge is 2.52. The molecule has 0 N–H and O–H groups in total. The van der Waals surface area contributed by atoms with E-state index in [0.717, 1.165) is 5.56 Å². The van der Waals surface area contributed by atoms with Gasteiger partial charge in [0.25, 0.3) is 0 Å². The van der Waals surface area contributed by atoms with Crippen LogP contribution in [0.4, 0.5) is 18.9 Å². The summed E-state index contributed by atoms with van der Waals surface area (Å²) in [6, 6.07) is 1.72. The number of hydrogen-bond donors (Lipinski definition) is 0. The van der Waals surface area contributed by atoms with E-state index in [1.807, 2.05) is 6.92 Å². The number of hydrogen-bond acceptors (Lipinski definition) is 4. The molecule has 0 spiro atoms. The minimum Gasteiger partial charge on any atom is -0.474 e. The maximum atomic E-state index is 13.2. The Kier molecular flexibility index (Phi) is 3.95. The van der Waals surface area contributed by atoms with Crippen LogP contribution in [0.3, 0.4) is 0 Å². The highest BCUT2D eigenvalue weighted by Crippen LogP contribution is 2.40. The number of carbonyl (C=O) groups is 1. The lowest BCUT2D eigenvalue weighted by molar-refractivity contribution is -0.182. The first kappa shape index (κ1) is 16.0. The number of ether oxygens (including phenoxy) is 1.